The standard InChI is InChI=1S/C11H23NO/c1-9(2)10-8-12(6-7-13-10)11(3,4)5/h9-10H,6-8H2,1-5H3/t10-/m1/s1. The zero-order valence-corrected chi connectivity index (χ0v) is 9.63. The smallest absolute Gasteiger partial charge is 0.0725 e. The summed E-state index contributed by atoms with van der Waals surface area (Å²) in [4.78, 5) is 2.52. The van der Waals surface area contributed by atoms with Gasteiger partial charge in [0.05, 0.1) is 12.7 Å². The highest BCUT2D eigenvalue weighted by Gasteiger charge is 2.29. The maximum absolute atomic E-state index is 5.72. The van der Waals surface area contributed by atoms with Crippen molar-refractivity contribution in [1.29, 1.82) is 0 Å². The van der Waals surface area contributed by atoms with Gasteiger partial charge in [-0.3, -0.25) is 4.90 Å². The van der Waals surface area contributed by atoms with Gasteiger partial charge < -0.3 is 4.74 Å². The molecule has 0 unspecified atom stereocenters. The van der Waals surface area contributed by atoms with Gasteiger partial charge in [0.25, 0.3) is 0 Å². The van der Waals surface area contributed by atoms with Gasteiger partial charge in [0.2, 0.25) is 0 Å². The minimum Gasteiger partial charge on any atom is -0.375 e. The van der Waals surface area contributed by atoms with E-state index in [1.807, 2.05) is 0 Å². The summed E-state index contributed by atoms with van der Waals surface area (Å²) >= 11 is 0. The fourth-order valence-corrected chi connectivity index (χ4v) is 1.69. The summed E-state index contributed by atoms with van der Waals surface area (Å²) in [5.41, 5.74) is 0.289. The van der Waals surface area contributed by atoms with Crippen molar-refractivity contribution in [2.75, 3.05) is 19.7 Å². The van der Waals surface area contributed by atoms with Gasteiger partial charge in [-0.05, 0) is 26.7 Å². The van der Waals surface area contributed by atoms with Crippen LogP contribution in [0.5, 0.6) is 0 Å². The molecule has 0 aromatic carbocycles. The number of rotatable bonds is 1. The fraction of sp³-hybridized carbons (Fsp3) is 1.00. The highest BCUT2D eigenvalue weighted by Crippen LogP contribution is 2.20. The van der Waals surface area contributed by atoms with Gasteiger partial charge in [0.1, 0.15) is 0 Å². The Bertz CT molecular complexity index is 160. The molecule has 0 spiro atoms. The van der Waals surface area contributed by atoms with Gasteiger partial charge in [0.15, 0.2) is 0 Å². The second kappa shape index (κ2) is 3.97. The third kappa shape index (κ3) is 2.96. The zero-order chi connectivity index (χ0) is 10.1. The summed E-state index contributed by atoms with van der Waals surface area (Å²) in [6.07, 6.45) is 0.424. The second-order valence-electron chi connectivity index (χ2n) is 5.27. The molecule has 0 aliphatic carbocycles. The fourth-order valence-electron chi connectivity index (χ4n) is 1.69. The van der Waals surface area contributed by atoms with Gasteiger partial charge in [0, 0.05) is 18.6 Å². The molecular formula is C11H23NO. The van der Waals surface area contributed by atoms with E-state index in [0.717, 1.165) is 19.7 Å². The van der Waals surface area contributed by atoms with E-state index >= 15 is 0 Å². The highest BCUT2D eigenvalue weighted by molar-refractivity contribution is 4.82. The summed E-state index contributed by atoms with van der Waals surface area (Å²) in [6, 6.07) is 0. The summed E-state index contributed by atoms with van der Waals surface area (Å²) in [7, 11) is 0. The molecule has 1 rings (SSSR count). The molecule has 0 radical (unpaired) electrons. The van der Waals surface area contributed by atoms with E-state index in [4.69, 9.17) is 4.74 Å². The molecule has 2 nitrogen and oxygen atoms in total. The first kappa shape index (κ1) is 11.0. The quantitative estimate of drug-likeness (QED) is 0.620. The minimum atomic E-state index is 0.289. The van der Waals surface area contributed by atoms with E-state index in [-0.39, 0.29) is 5.54 Å². The summed E-state index contributed by atoms with van der Waals surface area (Å²) in [6.45, 7) is 14.3. The predicted molar refractivity (Wildman–Crippen MR) is 55.9 cm³/mol. The Morgan fingerprint density at radius 3 is 2.38 bits per heavy atom. The molecule has 1 heterocycles. The van der Waals surface area contributed by atoms with Crippen molar-refractivity contribution in [1.82, 2.24) is 4.90 Å². The number of hydrogen-bond donors (Lipinski definition) is 0. The van der Waals surface area contributed by atoms with Crippen molar-refractivity contribution >= 4 is 0 Å². The van der Waals surface area contributed by atoms with Gasteiger partial charge in [-0.25, -0.2) is 0 Å². The third-order valence-electron chi connectivity index (χ3n) is 2.79. The summed E-state index contributed by atoms with van der Waals surface area (Å²) in [5.74, 6) is 0.630. The number of ether oxygens (including phenoxy) is 1. The molecular weight excluding hydrogens is 162 g/mol. The summed E-state index contributed by atoms with van der Waals surface area (Å²) in [5, 5.41) is 0. The molecule has 78 valence electrons. The van der Waals surface area contributed by atoms with Crippen molar-refractivity contribution in [2.24, 2.45) is 5.92 Å². The van der Waals surface area contributed by atoms with Gasteiger partial charge in [-0.1, -0.05) is 13.8 Å². The van der Waals surface area contributed by atoms with Crippen LogP contribution in [0.1, 0.15) is 34.6 Å². The molecule has 1 aliphatic rings. The highest BCUT2D eigenvalue weighted by atomic mass is 16.5. The lowest BCUT2D eigenvalue weighted by Crippen LogP contribution is -2.52. The van der Waals surface area contributed by atoms with Crippen LogP contribution in [0, 0.1) is 5.92 Å². The molecule has 0 bridgehead atoms. The second-order valence-corrected chi connectivity index (χ2v) is 5.27. The Morgan fingerprint density at radius 1 is 1.31 bits per heavy atom. The molecule has 0 aromatic heterocycles. The Morgan fingerprint density at radius 2 is 1.92 bits per heavy atom. The van der Waals surface area contributed by atoms with Crippen LogP contribution in [0.3, 0.4) is 0 Å². The first-order valence-electron chi connectivity index (χ1n) is 5.28. The first-order valence-corrected chi connectivity index (χ1v) is 5.28. The van der Waals surface area contributed by atoms with Crippen LogP contribution in [0.15, 0.2) is 0 Å². The van der Waals surface area contributed by atoms with E-state index < -0.39 is 0 Å². The maximum atomic E-state index is 5.72. The molecule has 13 heavy (non-hydrogen) atoms. The topological polar surface area (TPSA) is 12.5 Å². The van der Waals surface area contributed by atoms with Crippen LogP contribution in [0.2, 0.25) is 0 Å². The Kier molecular flexibility index (Phi) is 3.36. The van der Waals surface area contributed by atoms with Crippen molar-refractivity contribution in [3.63, 3.8) is 0 Å². The van der Waals surface area contributed by atoms with Gasteiger partial charge >= 0.3 is 0 Å². The molecule has 0 aromatic rings. The van der Waals surface area contributed by atoms with Gasteiger partial charge in [-0.15, -0.1) is 0 Å². The Labute approximate surface area is 82.3 Å². The lowest BCUT2D eigenvalue weighted by molar-refractivity contribution is -0.0759. The lowest BCUT2D eigenvalue weighted by Gasteiger charge is -2.42. The largest absolute Gasteiger partial charge is 0.375 e. The van der Waals surface area contributed by atoms with E-state index in [0.29, 0.717) is 12.0 Å². The third-order valence-corrected chi connectivity index (χ3v) is 2.79. The van der Waals surface area contributed by atoms with Crippen molar-refractivity contribution in [2.45, 2.75) is 46.3 Å². The van der Waals surface area contributed by atoms with Gasteiger partial charge in [-0.2, -0.15) is 0 Å². The molecule has 1 atom stereocenters. The number of morpholine rings is 1. The minimum absolute atomic E-state index is 0.289. The lowest BCUT2D eigenvalue weighted by atomic mass is 10.0. The van der Waals surface area contributed by atoms with E-state index in [1.54, 1.807) is 0 Å². The Hall–Kier alpha value is -0.0800. The molecule has 0 N–H and O–H groups in total. The zero-order valence-electron chi connectivity index (χ0n) is 9.63. The first-order chi connectivity index (χ1) is 5.91. The number of hydrogen-bond acceptors (Lipinski definition) is 2. The van der Waals surface area contributed by atoms with Crippen molar-refractivity contribution in [3.05, 3.63) is 0 Å². The predicted octanol–water partition coefficient (Wildman–Crippen LogP) is 2.14. The molecule has 1 saturated heterocycles. The monoisotopic (exact) mass is 185 g/mol. The molecule has 1 fully saturated rings. The molecule has 0 saturated carbocycles. The van der Waals surface area contributed by atoms with Crippen LogP contribution >= 0.6 is 0 Å². The van der Waals surface area contributed by atoms with Crippen LogP contribution in [0.4, 0.5) is 0 Å². The van der Waals surface area contributed by atoms with Crippen molar-refractivity contribution < 1.29 is 4.74 Å². The van der Waals surface area contributed by atoms with Crippen LogP contribution < -0.4 is 0 Å². The average Bonchev–Trinajstić information content (AvgIpc) is 2.03. The normalized spacial score (nSPS) is 26.8. The van der Waals surface area contributed by atoms with Crippen LogP contribution in [0.25, 0.3) is 0 Å². The van der Waals surface area contributed by atoms with Crippen LogP contribution in [-0.4, -0.2) is 36.2 Å². The Balaban J connectivity index is 2.52. The van der Waals surface area contributed by atoms with Crippen molar-refractivity contribution in [3.8, 4) is 0 Å². The number of nitrogens with zero attached hydrogens (tertiary/aromatic N) is 1. The summed E-state index contributed by atoms with van der Waals surface area (Å²) < 4.78 is 5.72. The van der Waals surface area contributed by atoms with E-state index in [1.165, 1.54) is 0 Å². The molecule has 0 amide bonds. The average molecular weight is 185 g/mol. The van der Waals surface area contributed by atoms with Crippen LogP contribution in [-0.2, 0) is 4.74 Å². The maximum Gasteiger partial charge on any atom is 0.0725 e. The molecule has 1 aliphatic heterocycles. The van der Waals surface area contributed by atoms with E-state index in [2.05, 4.69) is 39.5 Å². The SMILES string of the molecule is CC(C)[C@H]1CN(C(C)(C)C)CCO1. The molecule has 2 heteroatoms. The van der Waals surface area contributed by atoms with E-state index in [9.17, 15) is 0 Å².